The van der Waals surface area contributed by atoms with Crippen molar-refractivity contribution in [1.82, 2.24) is 0 Å². The van der Waals surface area contributed by atoms with Crippen LogP contribution in [0.2, 0.25) is 0 Å². The fourth-order valence-corrected chi connectivity index (χ4v) is 3.72. The molecule has 2 aliphatic rings. The monoisotopic (exact) mass is 312 g/mol. The summed E-state index contributed by atoms with van der Waals surface area (Å²) in [7, 11) is 1.53. The normalized spacial score (nSPS) is 39.8. The summed E-state index contributed by atoms with van der Waals surface area (Å²) in [4.78, 5) is 0. The molecule has 6 heteroatoms. The predicted octanol–water partition coefficient (Wildman–Crippen LogP) is 1.56. The molecular formula is C15H20O5S. The molecule has 0 bridgehead atoms. The maximum absolute atomic E-state index is 10.3. The molecular weight excluding hydrogens is 292 g/mol. The van der Waals surface area contributed by atoms with Gasteiger partial charge < -0.3 is 24.1 Å². The SMILES string of the molecule is CO[C@@H]1O[C@@H]2COC(c3ccccc3)O[C@@H]2[C@@H](SC)[C@H]1O. The predicted molar refractivity (Wildman–Crippen MR) is 79.0 cm³/mol. The molecule has 2 aliphatic heterocycles. The number of hydrogen-bond donors (Lipinski definition) is 1. The Balaban J connectivity index is 1.77. The molecule has 0 spiro atoms. The topological polar surface area (TPSA) is 57.2 Å². The molecule has 6 atom stereocenters. The van der Waals surface area contributed by atoms with E-state index < -0.39 is 18.7 Å². The Hall–Kier alpha value is -0.630. The van der Waals surface area contributed by atoms with E-state index in [9.17, 15) is 5.11 Å². The van der Waals surface area contributed by atoms with Gasteiger partial charge in [0.25, 0.3) is 0 Å². The summed E-state index contributed by atoms with van der Waals surface area (Å²) in [5, 5.41) is 10.2. The minimum Gasteiger partial charge on any atom is -0.387 e. The van der Waals surface area contributed by atoms with E-state index in [4.69, 9.17) is 18.9 Å². The van der Waals surface area contributed by atoms with Gasteiger partial charge in [-0.2, -0.15) is 11.8 Å². The molecule has 1 aromatic rings. The van der Waals surface area contributed by atoms with Crippen molar-refractivity contribution >= 4 is 11.8 Å². The fraction of sp³-hybridized carbons (Fsp3) is 0.600. The van der Waals surface area contributed by atoms with Crippen LogP contribution < -0.4 is 0 Å². The first-order valence-electron chi connectivity index (χ1n) is 6.95. The van der Waals surface area contributed by atoms with Crippen LogP contribution in [0.1, 0.15) is 11.9 Å². The van der Waals surface area contributed by atoms with Crippen molar-refractivity contribution in [3.05, 3.63) is 35.9 Å². The lowest BCUT2D eigenvalue weighted by atomic mass is 10.0. The van der Waals surface area contributed by atoms with Crippen molar-refractivity contribution in [2.75, 3.05) is 20.0 Å². The average Bonchev–Trinajstić information content (AvgIpc) is 2.54. The van der Waals surface area contributed by atoms with E-state index >= 15 is 0 Å². The van der Waals surface area contributed by atoms with Gasteiger partial charge in [-0.15, -0.1) is 0 Å². The molecule has 21 heavy (non-hydrogen) atoms. The van der Waals surface area contributed by atoms with Crippen LogP contribution in [0.25, 0.3) is 0 Å². The zero-order valence-electron chi connectivity index (χ0n) is 12.0. The average molecular weight is 312 g/mol. The third-order valence-electron chi connectivity index (χ3n) is 3.88. The molecule has 0 radical (unpaired) electrons. The van der Waals surface area contributed by atoms with Crippen LogP contribution in [-0.2, 0) is 18.9 Å². The molecule has 2 fully saturated rings. The van der Waals surface area contributed by atoms with Gasteiger partial charge in [0.05, 0.1) is 11.9 Å². The maximum Gasteiger partial charge on any atom is 0.184 e. The van der Waals surface area contributed by atoms with E-state index in [1.807, 2.05) is 36.6 Å². The third kappa shape index (κ3) is 2.97. The molecule has 2 heterocycles. The van der Waals surface area contributed by atoms with Gasteiger partial charge in [0.2, 0.25) is 0 Å². The summed E-state index contributed by atoms with van der Waals surface area (Å²) in [6, 6.07) is 9.80. The number of ether oxygens (including phenoxy) is 4. The molecule has 0 aliphatic carbocycles. The van der Waals surface area contributed by atoms with Crippen molar-refractivity contribution in [3.8, 4) is 0 Å². The highest BCUT2D eigenvalue weighted by Crippen LogP contribution is 2.37. The van der Waals surface area contributed by atoms with Gasteiger partial charge in [-0.25, -0.2) is 0 Å². The van der Waals surface area contributed by atoms with Gasteiger partial charge in [0.15, 0.2) is 12.6 Å². The lowest BCUT2D eigenvalue weighted by Crippen LogP contribution is -2.60. The molecule has 1 N–H and O–H groups in total. The molecule has 0 saturated carbocycles. The lowest BCUT2D eigenvalue weighted by molar-refractivity contribution is -0.330. The van der Waals surface area contributed by atoms with E-state index in [0.717, 1.165) is 5.56 Å². The quantitative estimate of drug-likeness (QED) is 0.914. The summed E-state index contributed by atoms with van der Waals surface area (Å²) in [5.41, 5.74) is 0.971. The first-order chi connectivity index (χ1) is 10.2. The highest BCUT2D eigenvalue weighted by molar-refractivity contribution is 7.99. The number of fused-ring (bicyclic) bond motifs is 1. The summed E-state index contributed by atoms with van der Waals surface area (Å²) >= 11 is 1.57. The number of hydrogen-bond acceptors (Lipinski definition) is 6. The summed E-state index contributed by atoms with van der Waals surface area (Å²) < 4.78 is 22.8. The number of benzene rings is 1. The Labute approximate surface area is 128 Å². The number of aliphatic hydroxyl groups is 1. The first kappa shape index (κ1) is 15.3. The Morgan fingerprint density at radius 3 is 2.67 bits per heavy atom. The molecule has 3 rings (SSSR count). The van der Waals surface area contributed by atoms with Crippen molar-refractivity contribution in [2.45, 2.75) is 36.1 Å². The molecule has 1 aromatic carbocycles. The van der Waals surface area contributed by atoms with Crippen molar-refractivity contribution in [1.29, 1.82) is 0 Å². The van der Waals surface area contributed by atoms with Gasteiger partial charge in [0.1, 0.15) is 18.3 Å². The van der Waals surface area contributed by atoms with Crippen LogP contribution in [0.3, 0.4) is 0 Å². The van der Waals surface area contributed by atoms with Gasteiger partial charge in [0, 0.05) is 12.7 Å². The molecule has 0 amide bonds. The van der Waals surface area contributed by atoms with E-state index in [2.05, 4.69) is 0 Å². The number of methoxy groups -OCH3 is 1. The minimum atomic E-state index is -0.722. The smallest absolute Gasteiger partial charge is 0.184 e. The lowest BCUT2D eigenvalue weighted by Gasteiger charge is -2.47. The zero-order valence-corrected chi connectivity index (χ0v) is 12.9. The third-order valence-corrected chi connectivity index (χ3v) is 4.97. The van der Waals surface area contributed by atoms with Crippen LogP contribution in [0.4, 0.5) is 0 Å². The summed E-state index contributed by atoms with van der Waals surface area (Å²) in [6.07, 6.45) is -0.266. The minimum absolute atomic E-state index is 0.108. The van der Waals surface area contributed by atoms with Gasteiger partial charge >= 0.3 is 0 Å². The van der Waals surface area contributed by atoms with E-state index in [0.29, 0.717) is 6.61 Å². The fourth-order valence-electron chi connectivity index (χ4n) is 2.81. The molecule has 1 unspecified atom stereocenters. The second-order valence-electron chi connectivity index (χ2n) is 5.15. The van der Waals surface area contributed by atoms with Crippen LogP contribution in [0.5, 0.6) is 0 Å². The van der Waals surface area contributed by atoms with Gasteiger partial charge in [-0.1, -0.05) is 30.3 Å². The molecule has 0 aromatic heterocycles. The zero-order chi connectivity index (χ0) is 14.8. The highest BCUT2D eigenvalue weighted by atomic mass is 32.2. The second kappa shape index (κ2) is 6.64. The highest BCUT2D eigenvalue weighted by Gasteiger charge is 2.49. The molecule has 116 valence electrons. The van der Waals surface area contributed by atoms with Crippen molar-refractivity contribution in [2.24, 2.45) is 0 Å². The van der Waals surface area contributed by atoms with Crippen LogP contribution in [-0.4, -0.2) is 54.9 Å². The molecule has 2 saturated heterocycles. The Morgan fingerprint density at radius 1 is 1.24 bits per heavy atom. The van der Waals surface area contributed by atoms with E-state index in [1.165, 1.54) is 7.11 Å². The number of rotatable bonds is 3. The van der Waals surface area contributed by atoms with Crippen LogP contribution >= 0.6 is 11.8 Å². The number of aliphatic hydroxyl groups excluding tert-OH is 1. The summed E-state index contributed by atoms with van der Waals surface area (Å²) in [5.74, 6) is 0. The maximum atomic E-state index is 10.3. The van der Waals surface area contributed by atoms with Gasteiger partial charge in [-0.3, -0.25) is 0 Å². The van der Waals surface area contributed by atoms with Gasteiger partial charge in [-0.05, 0) is 6.26 Å². The number of thioether (sulfide) groups is 1. The largest absolute Gasteiger partial charge is 0.387 e. The van der Waals surface area contributed by atoms with E-state index in [1.54, 1.807) is 11.8 Å². The Morgan fingerprint density at radius 2 is 2.00 bits per heavy atom. The van der Waals surface area contributed by atoms with Crippen LogP contribution in [0.15, 0.2) is 30.3 Å². The van der Waals surface area contributed by atoms with Crippen LogP contribution in [0, 0.1) is 0 Å². The first-order valence-corrected chi connectivity index (χ1v) is 8.24. The Kier molecular flexibility index (Phi) is 4.83. The second-order valence-corrected chi connectivity index (χ2v) is 6.16. The van der Waals surface area contributed by atoms with E-state index in [-0.39, 0.29) is 17.5 Å². The van der Waals surface area contributed by atoms with Crippen molar-refractivity contribution in [3.63, 3.8) is 0 Å². The Bertz CT molecular complexity index is 457. The summed E-state index contributed by atoms with van der Waals surface area (Å²) in [6.45, 7) is 0.424. The van der Waals surface area contributed by atoms with Crippen molar-refractivity contribution < 1.29 is 24.1 Å². The standard InChI is InChI=1S/C15H20O5S/c1-17-15-11(16)13(21-2)12-10(19-15)8-18-14(20-12)9-6-4-3-5-7-9/h3-7,10-16H,8H2,1-2H3/t10-,11-,12+,13+,14?,15-/m1/s1. The molecule has 5 nitrogen and oxygen atoms in total.